The molecule has 36 heavy (non-hydrogen) atoms. The maximum atomic E-state index is 13.4. The first-order valence-corrected chi connectivity index (χ1v) is 11.8. The number of carbonyl (C=O) groups excluding carboxylic acids is 3. The predicted octanol–water partition coefficient (Wildman–Crippen LogP) is 3.30. The van der Waals surface area contributed by atoms with E-state index in [4.69, 9.17) is 28.0 Å². The van der Waals surface area contributed by atoms with Gasteiger partial charge in [0.15, 0.2) is 0 Å². The third-order valence-electron chi connectivity index (χ3n) is 5.80. The lowest BCUT2D eigenvalue weighted by molar-refractivity contribution is -0.118. The monoisotopic (exact) mass is 514 g/mol. The fourth-order valence-corrected chi connectivity index (χ4v) is 3.76. The van der Waals surface area contributed by atoms with Crippen molar-refractivity contribution in [3.8, 4) is 5.75 Å². The van der Waals surface area contributed by atoms with Gasteiger partial charge in [-0.25, -0.2) is 25.3 Å². The number of anilines is 1. The Kier molecular flexibility index (Phi) is 7.86. The highest BCUT2D eigenvalue weighted by Crippen LogP contribution is 2.30. The number of nitrogens with zero attached hydrogens (tertiary/aromatic N) is 5. The van der Waals surface area contributed by atoms with Gasteiger partial charge >= 0.3 is 12.1 Å². The van der Waals surface area contributed by atoms with Gasteiger partial charge in [-0.3, -0.25) is 9.69 Å². The highest BCUT2D eigenvalue weighted by molar-refractivity contribution is 6.30. The standard InChI is InChI=1S/C23H27ClN8O4/c24-17-5-3-15(4-6-17)13-31-21(27-18-7-9-19(10-8-18)36-14-16-1-2-16)32(26)23(35)30(22(31)34)12-11-20(33)28-29-25/h3-10,16,21,27H,1-2,11-14,26H2,(H2,25,28,33). The molecule has 2 aromatic rings. The Bertz CT molecular complexity index is 1120. The number of hydrogen-bond acceptors (Lipinski definition) is 7. The zero-order valence-corrected chi connectivity index (χ0v) is 20.2. The quantitative estimate of drug-likeness (QED) is 0.190. The summed E-state index contributed by atoms with van der Waals surface area (Å²) in [5, 5.41) is 10.7. The van der Waals surface area contributed by atoms with Crippen LogP contribution in [0.4, 0.5) is 15.3 Å². The molecule has 5 amide bonds. The topological polar surface area (TPSA) is 159 Å². The van der Waals surface area contributed by atoms with Crippen molar-refractivity contribution in [1.29, 1.82) is 0 Å². The lowest BCUT2D eigenvalue weighted by Gasteiger charge is -2.45. The molecule has 1 heterocycles. The van der Waals surface area contributed by atoms with Gasteiger partial charge in [-0.05, 0) is 60.7 Å². The van der Waals surface area contributed by atoms with Gasteiger partial charge in [-0.15, -0.1) is 0 Å². The summed E-state index contributed by atoms with van der Waals surface area (Å²) in [5.41, 5.74) is 1.39. The van der Waals surface area contributed by atoms with Crippen LogP contribution in [-0.2, 0) is 11.3 Å². The summed E-state index contributed by atoms with van der Waals surface area (Å²) in [5.74, 6) is 11.8. The number of nitrogens with one attached hydrogen (secondary N) is 1. The molecule has 0 aromatic heterocycles. The van der Waals surface area contributed by atoms with Crippen molar-refractivity contribution in [2.75, 3.05) is 18.5 Å². The zero-order chi connectivity index (χ0) is 25.7. The molecule has 0 bridgehead atoms. The first-order valence-electron chi connectivity index (χ1n) is 11.4. The molecular weight excluding hydrogens is 488 g/mol. The highest BCUT2D eigenvalue weighted by Gasteiger charge is 2.43. The molecule has 1 aliphatic carbocycles. The van der Waals surface area contributed by atoms with Crippen LogP contribution in [0, 0.1) is 5.92 Å². The SMILES string of the molecule is NN=NC(=O)CCN1C(=O)N(N)C(Nc2ccc(OCC3CC3)cc2)N(Cc2ccc(Cl)cc2)C1=O. The summed E-state index contributed by atoms with van der Waals surface area (Å²) in [6.07, 6.45) is 1.14. The number of nitrogens with two attached hydrogens (primary N) is 2. The minimum absolute atomic E-state index is 0.115. The van der Waals surface area contributed by atoms with E-state index in [-0.39, 0.29) is 19.5 Å². The number of imide groups is 1. The molecule has 5 N–H and O–H groups in total. The molecule has 1 saturated heterocycles. The van der Waals surface area contributed by atoms with E-state index in [1.807, 2.05) is 12.1 Å². The molecule has 2 aliphatic rings. The molecule has 1 saturated carbocycles. The van der Waals surface area contributed by atoms with Crippen molar-refractivity contribution >= 4 is 35.3 Å². The van der Waals surface area contributed by atoms with Crippen LogP contribution in [0.5, 0.6) is 5.75 Å². The second-order valence-electron chi connectivity index (χ2n) is 8.53. The molecule has 0 spiro atoms. The smallest absolute Gasteiger partial charge is 0.345 e. The maximum absolute atomic E-state index is 13.4. The van der Waals surface area contributed by atoms with Crippen LogP contribution in [0.25, 0.3) is 0 Å². The van der Waals surface area contributed by atoms with E-state index < -0.39 is 24.3 Å². The number of urea groups is 2. The number of hydrazine groups is 1. The molecule has 12 nitrogen and oxygen atoms in total. The number of ether oxygens (including phenoxy) is 1. The number of rotatable bonds is 10. The van der Waals surface area contributed by atoms with Crippen molar-refractivity contribution in [1.82, 2.24) is 14.8 Å². The average Bonchev–Trinajstić information content (AvgIpc) is 3.70. The van der Waals surface area contributed by atoms with Gasteiger partial charge in [0.05, 0.1) is 13.2 Å². The first kappa shape index (κ1) is 25.2. The van der Waals surface area contributed by atoms with Crippen molar-refractivity contribution in [2.45, 2.75) is 32.1 Å². The Hall–Kier alpha value is -3.90. The Morgan fingerprint density at radius 1 is 1.08 bits per heavy atom. The highest BCUT2D eigenvalue weighted by atomic mass is 35.5. The Balaban J connectivity index is 1.53. The number of benzene rings is 2. The Morgan fingerprint density at radius 2 is 1.78 bits per heavy atom. The van der Waals surface area contributed by atoms with E-state index in [0.29, 0.717) is 23.2 Å². The second-order valence-corrected chi connectivity index (χ2v) is 8.97. The summed E-state index contributed by atoms with van der Waals surface area (Å²) in [4.78, 5) is 40.4. The van der Waals surface area contributed by atoms with Crippen molar-refractivity contribution in [2.24, 2.45) is 27.9 Å². The lowest BCUT2D eigenvalue weighted by Crippen LogP contribution is -2.70. The third-order valence-corrected chi connectivity index (χ3v) is 6.06. The van der Waals surface area contributed by atoms with E-state index >= 15 is 0 Å². The van der Waals surface area contributed by atoms with Gasteiger partial charge in [-0.2, -0.15) is 0 Å². The van der Waals surface area contributed by atoms with Crippen LogP contribution >= 0.6 is 11.6 Å². The van der Waals surface area contributed by atoms with Crippen molar-refractivity contribution in [3.63, 3.8) is 0 Å². The van der Waals surface area contributed by atoms with Crippen LogP contribution < -0.4 is 21.7 Å². The third kappa shape index (κ3) is 6.20. The van der Waals surface area contributed by atoms with E-state index in [2.05, 4.69) is 15.7 Å². The summed E-state index contributed by atoms with van der Waals surface area (Å²) in [7, 11) is 0. The first-order chi connectivity index (χ1) is 17.4. The lowest BCUT2D eigenvalue weighted by atomic mass is 10.2. The average molecular weight is 515 g/mol. The summed E-state index contributed by atoms with van der Waals surface area (Å²) < 4.78 is 5.77. The second kappa shape index (κ2) is 11.2. The molecule has 13 heteroatoms. The Morgan fingerprint density at radius 3 is 2.42 bits per heavy atom. The number of amides is 5. The van der Waals surface area contributed by atoms with Crippen LogP contribution in [0.3, 0.4) is 0 Å². The molecule has 2 fully saturated rings. The molecule has 0 radical (unpaired) electrons. The fraction of sp³-hybridized carbons (Fsp3) is 0.348. The molecule has 190 valence electrons. The van der Waals surface area contributed by atoms with E-state index in [1.54, 1.807) is 36.4 Å². The molecule has 1 aliphatic heterocycles. The molecular formula is C23H27ClN8O4. The van der Waals surface area contributed by atoms with Crippen LogP contribution in [0.2, 0.25) is 5.02 Å². The van der Waals surface area contributed by atoms with Crippen molar-refractivity contribution in [3.05, 3.63) is 59.1 Å². The maximum Gasteiger partial charge on any atom is 0.345 e. The number of hydrogen-bond donors (Lipinski definition) is 3. The van der Waals surface area contributed by atoms with Gasteiger partial charge in [0, 0.05) is 23.7 Å². The largest absolute Gasteiger partial charge is 0.493 e. The van der Waals surface area contributed by atoms with Gasteiger partial charge in [0.1, 0.15) is 5.75 Å². The fourth-order valence-electron chi connectivity index (χ4n) is 3.63. The number of carbonyl (C=O) groups is 3. The van der Waals surface area contributed by atoms with Gasteiger partial charge in [-0.1, -0.05) is 34.1 Å². The summed E-state index contributed by atoms with van der Waals surface area (Å²) >= 11 is 6.00. The van der Waals surface area contributed by atoms with Crippen LogP contribution in [0.15, 0.2) is 58.9 Å². The van der Waals surface area contributed by atoms with E-state index in [9.17, 15) is 14.4 Å². The zero-order valence-electron chi connectivity index (χ0n) is 19.4. The minimum atomic E-state index is -1.01. The predicted molar refractivity (Wildman–Crippen MR) is 131 cm³/mol. The normalized spacial score (nSPS) is 18.2. The molecule has 1 unspecified atom stereocenters. The molecule has 4 rings (SSSR count). The molecule has 1 atom stereocenters. The number of halogens is 1. The Labute approximate surface area is 212 Å². The summed E-state index contributed by atoms with van der Waals surface area (Å²) in [6, 6.07) is 12.7. The minimum Gasteiger partial charge on any atom is -0.493 e. The van der Waals surface area contributed by atoms with Gasteiger partial charge < -0.3 is 15.9 Å². The van der Waals surface area contributed by atoms with E-state index in [1.165, 1.54) is 17.7 Å². The molecule has 2 aromatic carbocycles. The van der Waals surface area contributed by atoms with Crippen LogP contribution in [-0.4, -0.2) is 52.2 Å². The van der Waals surface area contributed by atoms with Crippen LogP contribution in [0.1, 0.15) is 24.8 Å². The van der Waals surface area contributed by atoms with Gasteiger partial charge in [0.2, 0.25) is 6.29 Å². The van der Waals surface area contributed by atoms with Crippen molar-refractivity contribution < 1.29 is 19.1 Å². The van der Waals surface area contributed by atoms with E-state index in [0.717, 1.165) is 21.2 Å². The van der Waals surface area contributed by atoms with Gasteiger partial charge in [0.25, 0.3) is 5.91 Å². The summed E-state index contributed by atoms with van der Waals surface area (Å²) in [6.45, 7) is 0.569.